The van der Waals surface area contributed by atoms with Gasteiger partial charge in [-0.3, -0.25) is 0 Å². The molecular formula is C31H35FN2O3. The summed E-state index contributed by atoms with van der Waals surface area (Å²) in [5.74, 6) is -0.107. The Morgan fingerprint density at radius 2 is 1.89 bits per heavy atom. The second-order valence-electron chi connectivity index (χ2n) is 7.90. The molecule has 1 unspecified atom stereocenters. The van der Waals surface area contributed by atoms with Gasteiger partial charge in [0.2, 0.25) is 0 Å². The summed E-state index contributed by atoms with van der Waals surface area (Å²) in [6.45, 7) is 15.5. The van der Waals surface area contributed by atoms with Crippen molar-refractivity contribution in [3.63, 3.8) is 0 Å². The first-order valence-electron chi connectivity index (χ1n) is 11.9. The van der Waals surface area contributed by atoms with Crippen LogP contribution in [0.3, 0.4) is 0 Å². The Bertz CT molecular complexity index is 1330. The number of hydrogen-bond donors (Lipinski definition) is 1. The molecule has 6 heteroatoms. The van der Waals surface area contributed by atoms with Gasteiger partial charge in [0.05, 0.1) is 23.2 Å². The van der Waals surface area contributed by atoms with E-state index in [0.29, 0.717) is 39.8 Å². The molecule has 2 aromatic rings. The maximum absolute atomic E-state index is 14.2. The number of benzene rings is 1. The Morgan fingerprint density at radius 1 is 1.24 bits per heavy atom. The van der Waals surface area contributed by atoms with Gasteiger partial charge >= 0.3 is 0 Å². The SMILES string of the molecule is C=C/C=C(OCC)\C(=C/C)c1ccc(-c2nc(=C)/c(=C\C(F)=C/C)c(CC(C)C=O)c2C#N)cc1.CO. The fraction of sp³-hybridized carbons (Fsp3) is 0.258. The van der Waals surface area contributed by atoms with Gasteiger partial charge in [-0.25, -0.2) is 9.37 Å². The van der Waals surface area contributed by atoms with E-state index in [9.17, 15) is 14.4 Å². The molecule has 2 rings (SSSR count). The molecule has 0 fully saturated rings. The average Bonchev–Trinajstić information content (AvgIpc) is 2.92. The average molecular weight is 503 g/mol. The molecule has 1 aromatic heterocycles. The molecule has 0 saturated heterocycles. The summed E-state index contributed by atoms with van der Waals surface area (Å²) >= 11 is 0. The number of halogens is 1. The van der Waals surface area contributed by atoms with E-state index in [-0.39, 0.29) is 12.3 Å². The zero-order valence-electron chi connectivity index (χ0n) is 22.2. The number of pyridine rings is 1. The zero-order chi connectivity index (χ0) is 28.0. The van der Waals surface area contributed by atoms with Crippen molar-refractivity contribution in [3.8, 4) is 17.3 Å². The highest BCUT2D eigenvalue weighted by molar-refractivity contribution is 5.79. The van der Waals surface area contributed by atoms with Crippen LogP contribution in [0.2, 0.25) is 0 Å². The third-order valence-corrected chi connectivity index (χ3v) is 5.44. The lowest BCUT2D eigenvalue weighted by atomic mass is 9.92. The van der Waals surface area contributed by atoms with Gasteiger partial charge in [-0.15, -0.1) is 0 Å². The molecule has 0 bridgehead atoms. The molecule has 0 spiro atoms. The molecule has 37 heavy (non-hydrogen) atoms. The zero-order valence-corrected chi connectivity index (χ0v) is 22.2. The number of aliphatic hydroxyl groups excluding tert-OH is 1. The molecule has 1 aromatic carbocycles. The van der Waals surface area contributed by atoms with Gasteiger partial charge < -0.3 is 14.6 Å². The van der Waals surface area contributed by atoms with E-state index in [4.69, 9.17) is 9.84 Å². The van der Waals surface area contributed by atoms with E-state index in [0.717, 1.165) is 30.1 Å². The summed E-state index contributed by atoms with van der Waals surface area (Å²) < 4.78 is 19.9. The van der Waals surface area contributed by atoms with Crippen LogP contribution >= 0.6 is 0 Å². The number of nitrogens with zero attached hydrogens (tertiary/aromatic N) is 2. The number of aldehydes is 1. The Balaban J connectivity index is 0.00000334. The lowest BCUT2D eigenvalue weighted by Crippen LogP contribution is -2.34. The van der Waals surface area contributed by atoms with Gasteiger partial charge in [0.15, 0.2) is 0 Å². The van der Waals surface area contributed by atoms with Crippen molar-refractivity contribution in [2.24, 2.45) is 5.92 Å². The maximum atomic E-state index is 14.2. The lowest BCUT2D eigenvalue weighted by molar-refractivity contribution is -0.110. The lowest BCUT2D eigenvalue weighted by Gasteiger charge is -2.15. The summed E-state index contributed by atoms with van der Waals surface area (Å²) in [7, 11) is 1.00. The standard InChI is InChI=1S/C30H31FN2O2.CH4O/c1-7-11-29(35-10-4)25(9-3)22-12-14-23(15-13-22)30-28(18-32)27(16-20(5)19-34)26(21(6)33-30)17-24(31)8-2;1-2/h7-9,11-15,17,19-20H,1,6,10,16H2,2-5H3;2H,1H3/b24-8+,25-9-,26-17+,29-11+;. The third-order valence-electron chi connectivity index (χ3n) is 5.44. The van der Waals surface area contributed by atoms with E-state index in [1.165, 1.54) is 12.2 Å². The predicted molar refractivity (Wildman–Crippen MR) is 149 cm³/mol. The fourth-order valence-corrected chi connectivity index (χ4v) is 3.74. The quantitative estimate of drug-likeness (QED) is 0.275. The molecule has 0 aliphatic heterocycles. The van der Waals surface area contributed by atoms with Gasteiger partial charge in [-0.1, -0.05) is 62.6 Å². The molecule has 0 radical (unpaired) electrons. The topological polar surface area (TPSA) is 83.2 Å². The molecule has 0 aliphatic rings. The molecule has 5 nitrogen and oxygen atoms in total. The largest absolute Gasteiger partial charge is 0.493 e. The van der Waals surface area contributed by atoms with Gasteiger partial charge in [0, 0.05) is 29.4 Å². The minimum atomic E-state index is -0.464. The number of hydrogen-bond acceptors (Lipinski definition) is 5. The molecule has 0 amide bonds. The van der Waals surface area contributed by atoms with Crippen LogP contribution in [0.5, 0.6) is 0 Å². The van der Waals surface area contributed by atoms with E-state index in [1.807, 2.05) is 50.3 Å². The van der Waals surface area contributed by atoms with E-state index in [2.05, 4.69) is 24.2 Å². The van der Waals surface area contributed by atoms with Crippen molar-refractivity contribution in [1.82, 2.24) is 4.98 Å². The summed E-state index contributed by atoms with van der Waals surface area (Å²) in [5.41, 5.74) is 3.88. The van der Waals surface area contributed by atoms with Crippen molar-refractivity contribution in [2.45, 2.75) is 34.1 Å². The number of aromatic nitrogens is 1. The van der Waals surface area contributed by atoms with Gasteiger partial charge in [-0.2, -0.15) is 5.26 Å². The van der Waals surface area contributed by atoms with Crippen LogP contribution in [0.1, 0.15) is 44.4 Å². The predicted octanol–water partition coefficient (Wildman–Crippen LogP) is 5.18. The van der Waals surface area contributed by atoms with Crippen LogP contribution in [-0.4, -0.2) is 30.1 Å². The summed E-state index contributed by atoms with van der Waals surface area (Å²) in [5, 5.41) is 17.8. The summed E-state index contributed by atoms with van der Waals surface area (Å²) in [6.07, 6.45) is 9.19. The van der Waals surface area contributed by atoms with Crippen molar-refractivity contribution < 1.29 is 19.0 Å². The molecule has 0 aliphatic carbocycles. The number of rotatable bonds is 10. The van der Waals surface area contributed by atoms with Crippen molar-refractivity contribution in [3.05, 3.63) is 94.0 Å². The molecule has 0 saturated carbocycles. The maximum Gasteiger partial charge on any atom is 0.126 e. The van der Waals surface area contributed by atoms with E-state index in [1.54, 1.807) is 19.9 Å². The van der Waals surface area contributed by atoms with Crippen LogP contribution in [0.25, 0.3) is 29.5 Å². The Hall–Kier alpha value is -4.08. The minimum absolute atomic E-state index is 0.276. The highest BCUT2D eigenvalue weighted by Gasteiger charge is 2.17. The fourth-order valence-electron chi connectivity index (χ4n) is 3.74. The molecule has 1 atom stereocenters. The number of allylic oxidation sites excluding steroid dienone is 6. The van der Waals surface area contributed by atoms with Crippen molar-refractivity contribution >= 4 is 24.5 Å². The van der Waals surface area contributed by atoms with Crippen LogP contribution in [0.4, 0.5) is 4.39 Å². The molecule has 1 N–H and O–H groups in total. The first-order chi connectivity index (χ1) is 17.8. The molecule has 1 heterocycles. The Kier molecular flexibility index (Phi) is 13.2. The van der Waals surface area contributed by atoms with Crippen molar-refractivity contribution in [2.75, 3.05) is 13.7 Å². The normalized spacial score (nSPS) is 13.2. The van der Waals surface area contributed by atoms with E-state index >= 15 is 0 Å². The number of ether oxygens (including phenoxy) is 1. The Morgan fingerprint density at radius 3 is 2.38 bits per heavy atom. The van der Waals surface area contributed by atoms with E-state index < -0.39 is 5.83 Å². The number of carbonyl (C=O) groups excluding carboxylic acids is 1. The second-order valence-corrected chi connectivity index (χ2v) is 7.90. The smallest absolute Gasteiger partial charge is 0.126 e. The van der Waals surface area contributed by atoms with Crippen molar-refractivity contribution in [1.29, 1.82) is 5.26 Å². The van der Waals surface area contributed by atoms with Crippen LogP contribution in [0, 0.1) is 17.2 Å². The van der Waals surface area contributed by atoms with Crippen LogP contribution in [-0.2, 0) is 16.0 Å². The molecule has 194 valence electrons. The number of aliphatic hydroxyl groups is 1. The Labute approximate surface area is 219 Å². The second kappa shape index (κ2) is 15.8. The minimum Gasteiger partial charge on any atom is -0.493 e. The van der Waals surface area contributed by atoms with Gasteiger partial charge in [0.1, 0.15) is 23.9 Å². The summed E-state index contributed by atoms with van der Waals surface area (Å²) in [4.78, 5) is 16.0. The first-order valence-corrected chi connectivity index (χ1v) is 11.9. The highest BCUT2D eigenvalue weighted by Crippen LogP contribution is 2.28. The molecular weight excluding hydrogens is 467 g/mol. The number of carbonyl (C=O) groups is 1. The first kappa shape index (κ1) is 31.0. The van der Waals surface area contributed by atoms with Crippen LogP contribution in [0.15, 0.2) is 66.7 Å². The summed E-state index contributed by atoms with van der Waals surface area (Å²) in [6, 6.07) is 9.85. The number of nitriles is 1. The van der Waals surface area contributed by atoms with Gasteiger partial charge in [0.25, 0.3) is 0 Å². The van der Waals surface area contributed by atoms with Gasteiger partial charge in [-0.05, 0) is 50.5 Å². The third kappa shape index (κ3) is 7.96. The monoisotopic (exact) mass is 502 g/mol. The van der Waals surface area contributed by atoms with Crippen LogP contribution < -0.4 is 10.6 Å². The highest BCUT2D eigenvalue weighted by atomic mass is 19.1.